The van der Waals surface area contributed by atoms with E-state index >= 15 is 0 Å². The average molecular weight is 516 g/mol. The second kappa shape index (κ2) is 9.94. The Labute approximate surface area is 223 Å². The van der Waals surface area contributed by atoms with Crippen molar-refractivity contribution in [2.24, 2.45) is 7.05 Å². The number of hydrogen-bond acceptors (Lipinski definition) is 6. The molecule has 0 radical (unpaired) electrons. The number of aromatic amines is 1. The van der Waals surface area contributed by atoms with Crippen LogP contribution in [0.4, 0.5) is 0 Å². The Hall–Kier alpha value is -3.59. The molecule has 0 spiro atoms. The molecular weight excluding hydrogens is 478 g/mol. The molecule has 1 fully saturated rings. The first-order valence-corrected chi connectivity index (χ1v) is 13.8. The zero-order valence-corrected chi connectivity index (χ0v) is 22.9. The van der Waals surface area contributed by atoms with Crippen molar-refractivity contribution in [1.82, 2.24) is 34.7 Å². The minimum Gasteiger partial charge on any atom is -0.473 e. The van der Waals surface area contributed by atoms with E-state index in [9.17, 15) is 0 Å². The van der Waals surface area contributed by atoms with Gasteiger partial charge >= 0.3 is 0 Å². The number of aryl methyl sites for hydroxylation is 2. The number of nitrogens with one attached hydrogen (secondary N) is 1. The van der Waals surface area contributed by atoms with Gasteiger partial charge in [0.25, 0.3) is 0 Å². The Morgan fingerprint density at radius 3 is 2.92 bits per heavy atom. The molecule has 200 valence electrons. The highest BCUT2D eigenvalue weighted by Gasteiger charge is 2.33. The SMILES string of the molecule is CCCn1nc(OC(C)C)c2c1CN1CCCC(Oc3c(cnn3C)-c3ccc4n[nH]c(c4c3)/C=C/2)C1C. The van der Waals surface area contributed by atoms with E-state index in [2.05, 4.69) is 69.1 Å². The second-order valence-corrected chi connectivity index (χ2v) is 10.8. The Kier molecular flexibility index (Phi) is 6.47. The lowest BCUT2D eigenvalue weighted by atomic mass is 9.99. The Balaban J connectivity index is 1.55. The summed E-state index contributed by atoms with van der Waals surface area (Å²) in [5, 5.41) is 18.3. The van der Waals surface area contributed by atoms with Crippen LogP contribution in [-0.4, -0.2) is 59.5 Å². The Morgan fingerprint density at radius 1 is 1.24 bits per heavy atom. The summed E-state index contributed by atoms with van der Waals surface area (Å²) in [5.74, 6) is 1.49. The highest BCUT2D eigenvalue weighted by atomic mass is 16.5. The average Bonchev–Trinajstić information content (AvgIpc) is 3.55. The first-order chi connectivity index (χ1) is 18.4. The number of H-pyrrole nitrogens is 1. The topological polar surface area (TPSA) is 86.0 Å². The lowest BCUT2D eigenvalue weighted by Gasteiger charge is -2.39. The van der Waals surface area contributed by atoms with Crippen molar-refractivity contribution in [1.29, 1.82) is 0 Å². The summed E-state index contributed by atoms with van der Waals surface area (Å²) in [7, 11) is 1.95. The molecule has 2 aliphatic heterocycles. The van der Waals surface area contributed by atoms with Gasteiger partial charge in [0.1, 0.15) is 6.10 Å². The normalized spacial score (nSPS) is 22.0. The highest BCUT2D eigenvalue weighted by Crippen LogP contribution is 2.36. The van der Waals surface area contributed by atoms with Crippen molar-refractivity contribution >= 4 is 23.1 Å². The zero-order chi connectivity index (χ0) is 26.4. The van der Waals surface area contributed by atoms with E-state index in [-0.39, 0.29) is 18.2 Å². The molecule has 1 aromatic carbocycles. The van der Waals surface area contributed by atoms with Gasteiger partial charge in [-0.2, -0.15) is 10.2 Å². The van der Waals surface area contributed by atoms with Crippen LogP contribution in [0.3, 0.4) is 0 Å². The quantitative estimate of drug-likeness (QED) is 0.398. The molecule has 6 rings (SSSR count). The molecule has 9 heteroatoms. The van der Waals surface area contributed by atoms with Crippen LogP contribution in [0.15, 0.2) is 24.4 Å². The van der Waals surface area contributed by atoms with Crippen molar-refractivity contribution < 1.29 is 9.47 Å². The molecule has 4 aromatic rings. The fourth-order valence-corrected chi connectivity index (χ4v) is 5.67. The smallest absolute Gasteiger partial charge is 0.240 e. The van der Waals surface area contributed by atoms with Crippen LogP contribution in [0, 0.1) is 0 Å². The Bertz CT molecular complexity index is 1480. The summed E-state index contributed by atoms with van der Waals surface area (Å²) in [6.07, 6.45) is 9.32. The van der Waals surface area contributed by atoms with E-state index in [0.717, 1.165) is 78.1 Å². The van der Waals surface area contributed by atoms with Crippen LogP contribution in [0.1, 0.15) is 63.9 Å². The summed E-state index contributed by atoms with van der Waals surface area (Å²) in [5.41, 5.74) is 6.13. The molecule has 3 unspecified atom stereocenters. The lowest BCUT2D eigenvalue weighted by Crippen LogP contribution is -2.48. The van der Waals surface area contributed by atoms with Gasteiger partial charge in [-0.1, -0.05) is 13.0 Å². The van der Waals surface area contributed by atoms with Gasteiger partial charge in [0, 0.05) is 31.6 Å². The highest BCUT2D eigenvalue weighted by molar-refractivity contribution is 5.93. The summed E-state index contributed by atoms with van der Waals surface area (Å²) in [4.78, 5) is 2.53. The van der Waals surface area contributed by atoms with Crippen LogP contribution >= 0.6 is 0 Å². The van der Waals surface area contributed by atoms with Crippen LogP contribution in [0.5, 0.6) is 11.8 Å². The van der Waals surface area contributed by atoms with Gasteiger partial charge in [-0.3, -0.25) is 14.7 Å². The molecule has 0 saturated carbocycles. The number of aromatic nitrogens is 6. The van der Waals surface area contributed by atoms with Crippen molar-refractivity contribution in [3.05, 3.63) is 41.3 Å². The number of fused-ring (bicyclic) bond motifs is 6. The summed E-state index contributed by atoms with van der Waals surface area (Å²) < 4.78 is 17.0. The van der Waals surface area contributed by atoms with Crippen LogP contribution in [0.2, 0.25) is 0 Å². The van der Waals surface area contributed by atoms with E-state index in [1.54, 1.807) is 0 Å². The lowest BCUT2D eigenvalue weighted by molar-refractivity contribution is 0.0255. The van der Waals surface area contributed by atoms with Crippen LogP contribution in [0.25, 0.3) is 34.2 Å². The minimum atomic E-state index is 0.0310. The molecule has 0 amide bonds. The van der Waals surface area contributed by atoms with E-state index in [0.29, 0.717) is 5.88 Å². The van der Waals surface area contributed by atoms with E-state index in [1.165, 1.54) is 5.69 Å². The fourth-order valence-electron chi connectivity index (χ4n) is 5.67. The Morgan fingerprint density at radius 2 is 2.11 bits per heavy atom. The number of ether oxygens (including phenoxy) is 2. The van der Waals surface area contributed by atoms with Gasteiger partial charge in [-0.15, -0.1) is 5.10 Å². The zero-order valence-electron chi connectivity index (χ0n) is 22.9. The molecule has 1 saturated heterocycles. The molecule has 2 aliphatic rings. The van der Waals surface area contributed by atoms with Gasteiger partial charge in [-0.05, 0) is 76.4 Å². The maximum absolute atomic E-state index is 6.77. The number of rotatable bonds is 4. The molecule has 1 N–H and O–H groups in total. The van der Waals surface area contributed by atoms with E-state index < -0.39 is 0 Å². The molecule has 3 aromatic heterocycles. The first-order valence-electron chi connectivity index (χ1n) is 13.8. The van der Waals surface area contributed by atoms with Gasteiger partial charge in [0.05, 0.1) is 40.3 Å². The third-order valence-electron chi connectivity index (χ3n) is 7.71. The van der Waals surface area contributed by atoms with Gasteiger partial charge in [0.15, 0.2) is 0 Å². The standard InChI is InChI=1S/C29H37N7O2/c1-6-13-36-26-17-35-14-7-8-27(19(35)4)38-29-23(16-30-34(29)5)20-9-11-24-22(15-20)25(32-31-24)12-10-21(26)28(33-36)37-18(2)3/h9-12,15-16,18-19,27H,6-8,13-14,17H2,1-5H3,(H,31,32)/b12-10+. The number of piperidine rings is 1. The van der Waals surface area contributed by atoms with Crippen molar-refractivity contribution in [3.63, 3.8) is 0 Å². The van der Waals surface area contributed by atoms with Crippen LogP contribution < -0.4 is 9.47 Å². The number of nitrogens with zero attached hydrogens (tertiary/aromatic N) is 6. The molecule has 4 bridgehead atoms. The van der Waals surface area contributed by atoms with Crippen molar-refractivity contribution in [2.45, 2.75) is 78.3 Å². The minimum absolute atomic E-state index is 0.0310. The van der Waals surface area contributed by atoms with Gasteiger partial charge in [-0.25, -0.2) is 4.68 Å². The maximum atomic E-state index is 6.77. The number of hydrogen-bond donors (Lipinski definition) is 1. The predicted molar refractivity (Wildman–Crippen MR) is 149 cm³/mol. The third kappa shape index (κ3) is 4.38. The summed E-state index contributed by atoms with van der Waals surface area (Å²) in [6, 6.07) is 6.55. The molecule has 0 aliphatic carbocycles. The van der Waals surface area contributed by atoms with E-state index in [4.69, 9.17) is 14.6 Å². The second-order valence-electron chi connectivity index (χ2n) is 10.8. The summed E-state index contributed by atoms with van der Waals surface area (Å²) >= 11 is 0. The fraction of sp³-hybridized carbons (Fsp3) is 0.483. The van der Waals surface area contributed by atoms with E-state index in [1.807, 2.05) is 31.8 Å². The summed E-state index contributed by atoms with van der Waals surface area (Å²) in [6.45, 7) is 11.2. The first kappa shape index (κ1) is 24.7. The molecule has 5 heterocycles. The van der Waals surface area contributed by atoms with Crippen molar-refractivity contribution in [3.8, 4) is 22.9 Å². The molecular formula is C29H37N7O2. The molecule has 3 atom stereocenters. The number of benzene rings is 1. The largest absolute Gasteiger partial charge is 0.473 e. The van der Waals surface area contributed by atoms with Crippen molar-refractivity contribution in [2.75, 3.05) is 6.54 Å². The molecule has 9 nitrogen and oxygen atoms in total. The monoisotopic (exact) mass is 515 g/mol. The van der Waals surface area contributed by atoms with Crippen LogP contribution in [-0.2, 0) is 20.1 Å². The molecule has 38 heavy (non-hydrogen) atoms. The maximum Gasteiger partial charge on any atom is 0.240 e. The van der Waals surface area contributed by atoms with Gasteiger partial charge < -0.3 is 9.47 Å². The predicted octanol–water partition coefficient (Wildman–Crippen LogP) is 5.27. The third-order valence-corrected chi connectivity index (χ3v) is 7.71. The van der Waals surface area contributed by atoms with Gasteiger partial charge in [0.2, 0.25) is 11.8 Å².